The summed E-state index contributed by atoms with van der Waals surface area (Å²) in [6, 6.07) is 21.0. The maximum absolute atomic E-state index is 11.7. The summed E-state index contributed by atoms with van der Waals surface area (Å²) < 4.78 is 0. The molecule has 3 atom stereocenters. The van der Waals surface area contributed by atoms with Crippen LogP contribution in [0, 0.1) is 5.92 Å². The molecule has 1 unspecified atom stereocenters. The van der Waals surface area contributed by atoms with Crippen molar-refractivity contribution in [2.45, 2.75) is 71.5 Å². The van der Waals surface area contributed by atoms with Gasteiger partial charge in [-0.3, -0.25) is 9.69 Å². The Morgan fingerprint density at radius 1 is 1.00 bits per heavy atom. The van der Waals surface area contributed by atoms with Crippen molar-refractivity contribution in [2.24, 2.45) is 5.92 Å². The van der Waals surface area contributed by atoms with E-state index in [1.807, 2.05) is 12.1 Å². The van der Waals surface area contributed by atoms with Gasteiger partial charge in [-0.2, -0.15) is 0 Å². The Morgan fingerprint density at radius 3 is 2.18 bits per heavy atom. The van der Waals surface area contributed by atoms with E-state index in [1.54, 1.807) is 0 Å². The molecular weight excluding hydrogens is 346 g/mol. The Labute approximate surface area is 170 Å². The summed E-state index contributed by atoms with van der Waals surface area (Å²) in [4.78, 5) is 14.1. The molecule has 0 aromatic heterocycles. The number of aliphatic carboxylic acids is 1. The van der Waals surface area contributed by atoms with Crippen LogP contribution in [0.25, 0.3) is 0 Å². The normalized spacial score (nSPS) is 14.6. The predicted octanol–water partition coefficient (Wildman–Crippen LogP) is 6.31. The van der Waals surface area contributed by atoms with Crippen LogP contribution in [0.4, 0.5) is 0 Å². The van der Waals surface area contributed by atoms with Crippen molar-refractivity contribution in [1.29, 1.82) is 0 Å². The number of hydrogen-bond donors (Lipinski definition) is 1. The first-order valence-corrected chi connectivity index (χ1v) is 10.6. The van der Waals surface area contributed by atoms with Crippen LogP contribution in [0.3, 0.4) is 0 Å². The van der Waals surface area contributed by atoms with Crippen molar-refractivity contribution in [2.75, 3.05) is 0 Å². The van der Waals surface area contributed by atoms with E-state index in [2.05, 4.69) is 74.2 Å². The third kappa shape index (κ3) is 7.12. The Bertz CT molecular complexity index is 686. The maximum Gasteiger partial charge on any atom is 0.304 e. The molecule has 0 saturated carbocycles. The Balaban J connectivity index is 2.29. The van der Waals surface area contributed by atoms with Gasteiger partial charge >= 0.3 is 5.97 Å². The number of hydrogen-bond acceptors (Lipinski definition) is 2. The number of carboxylic acid groups (broad SMARTS) is 1. The van der Waals surface area contributed by atoms with Gasteiger partial charge in [0.1, 0.15) is 0 Å². The first kappa shape index (κ1) is 22.2. The molecule has 0 amide bonds. The van der Waals surface area contributed by atoms with E-state index >= 15 is 0 Å². The SMILES string of the molecule is CCCC[C@@H](C)C[C@@H](CC(=O)O)N(Cc1ccccc1)C(C)c1ccccc1. The van der Waals surface area contributed by atoms with E-state index in [-0.39, 0.29) is 18.5 Å². The summed E-state index contributed by atoms with van der Waals surface area (Å²) in [5.41, 5.74) is 2.46. The topological polar surface area (TPSA) is 40.5 Å². The van der Waals surface area contributed by atoms with E-state index in [0.29, 0.717) is 5.92 Å². The third-order valence-corrected chi connectivity index (χ3v) is 5.59. The maximum atomic E-state index is 11.7. The van der Waals surface area contributed by atoms with Gasteiger partial charge in [0, 0.05) is 18.6 Å². The Hall–Kier alpha value is -2.13. The second-order valence-electron chi connectivity index (χ2n) is 7.98. The lowest BCUT2D eigenvalue weighted by Crippen LogP contribution is -2.39. The lowest BCUT2D eigenvalue weighted by atomic mass is 9.91. The molecule has 0 bridgehead atoms. The number of unbranched alkanes of at least 4 members (excludes halogenated alkanes) is 1. The lowest BCUT2D eigenvalue weighted by molar-refractivity contribution is -0.139. The van der Waals surface area contributed by atoms with Crippen LogP contribution in [0.5, 0.6) is 0 Å². The van der Waals surface area contributed by atoms with Crippen LogP contribution in [0.2, 0.25) is 0 Å². The average molecular weight is 382 g/mol. The van der Waals surface area contributed by atoms with Crippen molar-refractivity contribution in [3.05, 3.63) is 71.8 Å². The minimum absolute atomic E-state index is 0.0137. The molecular formula is C25H35NO2. The molecule has 2 aromatic carbocycles. The van der Waals surface area contributed by atoms with E-state index in [9.17, 15) is 9.90 Å². The highest BCUT2D eigenvalue weighted by Crippen LogP contribution is 2.30. The first-order chi connectivity index (χ1) is 13.5. The van der Waals surface area contributed by atoms with E-state index in [0.717, 1.165) is 19.4 Å². The zero-order valence-electron chi connectivity index (χ0n) is 17.6. The summed E-state index contributed by atoms with van der Waals surface area (Å²) in [5.74, 6) is -0.198. The highest BCUT2D eigenvalue weighted by atomic mass is 16.4. The second-order valence-corrected chi connectivity index (χ2v) is 7.98. The van der Waals surface area contributed by atoms with Crippen LogP contribution in [0.1, 0.15) is 70.0 Å². The molecule has 0 heterocycles. The molecule has 2 aromatic rings. The zero-order valence-corrected chi connectivity index (χ0v) is 17.6. The smallest absolute Gasteiger partial charge is 0.304 e. The molecule has 3 nitrogen and oxygen atoms in total. The number of carbonyl (C=O) groups is 1. The van der Waals surface area contributed by atoms with Crippen LogP contribution in [0.15, 0.2) is 60.7 Å². The van der Waals surface area contributed by atoms with Crippen molar-refractivity contribution >= 4 is 5.97 Å². The first-order valence-electron chi connectivity index (χ1n) is 10.6. The fourth-order valence-electron chi connectivity index (χ4n) is 3.97. The van der Waals surface area contributed by atoms with Gasteiger partial charge in [-0.05, 0) is 30.4 Å². The minimum Gasteiger partial charge on any atom is -0.481 e. The van der Waals surface area contributed by atoms with Gasteiger partial charge in [0.2, 0.25) is 0 Å². The Morgan fingerprint density at radius 2 is 1.61 bits per heavy atom. The Kier molecular flexibility index (Phi) is 9.22. The van der Waals surface area contributed by atoms with Crippen LogP contribution >= 0.6 is 0 Å². The second kappa shape index (κ2) is 11.7. The van der Waals surface area contributed by atoms with Crippen molar-refractivity contribution in [3.63, 3.8) is 0 Å². The highest BCUT2D eigenvalue weighted by molar-refractivity contribution is 5.67. The molecule has 3 heteroatoms. The summed E-state index contributed by atoms with van der Waals surface area (Å²) in [5, 5.41) is 9.61. The number of nitrogens with zero attached hydrogens (tertiary/aromatic N) is 1. The van der Waals surface area contributed by atoms with Gasteiger partial charge in [-0.1, -0.05) is 93.8 Å². The monoisotopic (exact) mass is 381 g/mol. The fourth-order valence-corrected chi connectivity index (χ4v) is 3.97. The van der Waals surface area contributed by atoms with Crippen molar-refractivity contribution in [3.8, 4) is 0 Å². The predicted molar refractivity (Wildman–Crippen MR) is 116 cm³/mol. The average Bonchev–Trinajstić information content (AvgIpc) is 2.70. The summed E-state index contributed by atoms with van der Waals surface area (Å²) >= 11 is 0. The molecule has 1 N–H and O–H groups in total. The fraction of sp³-hybridized carbons (Fsp3) is 0.480. The van der Waals surface area contributed by atoms with Gasteiger partial charge in [-0.25, -0.2) is 0 Å². The minimum atomic E-state index is -0.717. The molecule has 0 saturated heterocycles. The summed E-state index contributed by atoms with van der Waals surface area (Å²) in [7, 11) is 0. The highest BCUT2D eigenvalue weighted by Gasteiger charge is 2.28. The van der Waals surface area contributed by atoms with Gasteiger partial charge in [0.05, 0.1) is 6.42 Å². The van der Waals surface area contributed by atoms with Crippen LogP contribution in [-0.2, 0) is 11.3 Å². The molecule has 0 aliphatic carbocycles. The zero-order chi connectivity index (χ0) is 20.4. The van der Waals surface area contributed by atoms with Gasteiger partial charge < -0.3 is 5.11 Å². The molecule has 0 radical (unpaired) electrons. The molecule has 152 valence electrons. The van der Waals surface area contributed by atoms with Crippen molar-refractivity contribution < 1.29 is 9.90 Å². The molecule has 0 aliphatic heterocycles. The molecule has 28 heavy (non-hydrogen) atoms. The van der Waals surface area contributed by atoms with E-state index in [4.69, 9.17) is 0 Å². The number of carboxylic acids is 1. The molecule has 0 aliphatic rings. The lowest BCUT2D eigenvalue weighted by Gasteiger charge is -2.37. The van der Waals surface area contributed by atoms with Crippen LogP contribution < -0.4 is 0 Å². The van der Waals surface area contributed by atoms with Crippen LogP contribution in [-0.4, -0.2) is 22.0 Å². The van der Waals surface area contributed by atoms with Crippen molar-refractivity contribution in [1.82, 2.24) is 4.90 Å². The van der Waals surface area contributed by atoms with E-state index in [1.165, 1.54) is 24.0 Å². The quantitative estimate of drug-likeness (QED) is 0.468. The summed E-state index contributed by atoms with van der Waals surface area (Å²) in [6.07, 6.45) is 4.64. The summed E-state index contributed by atoms with van der Waals surface area (Å²) in [6.45, 7) is 7.43. The molecule has 2 rings (SSSR count). The standard InChI is InChI=1S/C25H35NO2/c1-4-5-12-20(2)17-24(18-25(27)28)26(19-22-13-8-6-9-14-22)21(3)23-15-10-7-11-16-23/h6-11,13-16,20-21,24H,4-5,12,17-19H2,1-3H3,(H,27,28)/t20-,21?,24+/m1/s1. The van der Waals surface area contributed by atoms with E-state index < -0.39 is 5.97 Å². The third-order valence-electron chi connectivity index (χ3n) is 5.59. The largest absolute Gasteiger partial charge is 0.481 e. The van der Waals surface area contributed by atoms with Gasteiger partial charge in [-0.15, -0.1) is 0 Å². The number of benzene rings is 2. The number of rotatable bonds is 12. The van der Waals surface area contributed by atoms with Gasteiger partial charge in [0.25, 0.3) is 0 Å². The molecule has 0 spiro atoms. The molecule has 0 fully saturated rings. The van der Waals surface area contributed by atoms with Gasteiger partial charge in [0.15, 0.2) is 0 Å².